The normalized spacial score (nSPS) is 15.1. The summed E-state index contributed by atoms with van der Waals surface area (Å²) in [7, 11) is 16.5. The minimum atomic E-state index is -2.43. The molecule has 8 heteroatoms. The fourth-order valence-corrected chi connectivity index (χ4v) is 1.20. The second-order valence-electron chi connectivity index (χ2n) is 3.75. The molecular formula is C9H8B3NO4. The lowest BCUT2D eigenvalue weighted by Crippen LogP contribution is -2.65. The van der Waals surface area contributed by atoms with Crippen LogP contribution in [0.3, 0.4) is 0 Å². The highest BCUT2D eigenvalue weighted by Crippen LogP contribution is 2.32. The lowest BCUT2D eigenvalue weighted by Gasteiger charge is -2.40. The molecule has 0 saturated heterocycles. The molecule has 1 aromatic rings. The van der Waals surface area contributed by atoms with Gasteiger partial charge in [-0.2, -0.15) is 0 Å². The van der Waals surface area contributed by atoms with Crippen LogP contribution in [0.1, 0.15) is 5.56 Å². The lowest BCUT2D eigenvalue weighted by atomic mass is 9.37. The molecule has 0 aliphatic rings. The highest BCUT2D eigenvalue weighted by molar-refractivity contribution is 6.49. The first kappa shape index (κ1) is 13.5. The minimum Gasteiger partial charge on any atom is -0.504 e. The Morgan fingerprint density at radius 1 is 1.18 bits per heavy atom. The van der Waals surface area contributed by atoms with E-state index in [1.54, 1.807) is 0 Å². The van der Waals surface area contributed by atoms with Crippen molar-refractivity contribution < 1.29 is 20.1 Å². The molecule has 5 N–H and O–H groups in total. The smallest absolute Gasteiger partial charge is 0.313 e. The molecule has 1 aromatic carbocycles. The number of carboxylic acids is 1. The molecule has 5 nitrogen and oxygen atoms in total. The Morgan fingerprint density at radius 2 is 1.71 bits per heavy atom. The van der Waals surface area contributed by atoms with Crippen molar-refractivity contribution in [3.05, 3.63) is 23.8 Å². The number of benzene rings is 1. The highest BCUT2D eigenvalue weighted by atomic mass is 16.4. The predicted molar refractivity (Wildman–Crippen MR) is 63.3 cm³/mol. The van der Waals surface area contributed by atoms with Crippen molar-refractivity contribution in [1.29, 1.82) is 0 Å². The summed E-state index contributed by atoms with van der Waals surface area (Å²) in [4.78, 5) is 10.9. The van der Waals surface area contributed by atoms with E-state index in [1.165, 1.54) is 6.07 Å². The Kier molecular flexibility index (Phi) is 3.20. The van der Waals surface area contributed by atoms with Crippen LogP contribution in [0.4, 0.5) is 0 Å². The first-order valence-corrected chi connectivity index (χ1v) is 4.52. The van der Waals surface area contributed by atoms with Crippen LogP contribution in [0.2, 0.25) is 0 Å². The van der Waals surface area contributed by atoms with Gasteiger partial charge in [-0.1, -0.05) is 16.8 Å². The molecule has 17 heavy (non-hydrogen) atoms. The van der Waals surface area contributed by atoms with Crippen molar-refractivity contribution in [3.63, 3.8) is 0 Å². The third-order valence-electron chi connectivity index (χ3n) is 2.49. The number of hydrogen-bond acceptors (Lipinski definition) is 4. The average Bonchev–Trinajstić information content (AvgIpc) is 2.21. The second-order valence-corrected chi connectivity index (χ2v) is 3.75. The fourth-order valence-electron chi connectivity index (χ4n) is 1.20. The van der Waals surface area contributed by atoms with Gasteiger partial charge in [-0.3, -0.25) is 4.79 Å². The molecule has 82 valence electrons. The van der Waals surface area contributed by atoms with E-state index in [1.807, 2.05) is 0 Å². The van der Waals surface area contributed by atoms with Crippen LogP contribution in [0.5, 0.6) is 11.5 Å². The monoisotopic (exact) mass is 227 g/mol. The third-order valence-corrected chi connectivity index (χ3v) is 2.49. The van der Waals surface area contributed by atoms with Gasteiger partial charge in [-0.25, -0.2) is 0 Å². The SMILES string of the molecule is [B]C(N)(C(=O)O)C([B])([B])c1ccc(O)c(O)c1. The molecule has 0 amide bonds. The number of aliphatic carboxylic acids is 1. The summed E-state index contributed by atoms with van der Waals surface area (Å²) in [5.41, 5.74) is 2.88. The standard InChI is InChI=1S/C9H8B3NO4/c10-8(11,9(12,13)7(16)17)4-1-2-5(14)6(15)3-4/h1-3,14-15H,13H2,(H,16,17). The third kappa shape index (κ3) is 2.13. The molecule has 0 saturated carbocycles. The molecule has 1 rings (SSSR count). The van der Waals surface area contributed by atoms with Crippen LogP contribution >= 0.6 is 0 Å². The van der Waals surface area contributed by atoms with E-state index in [0.717, 1.165) is 12.1 Å². The number of aromatic hydroxyl groups is 2. The van der Waals surface area contributed by atoms with Crippen LogP contribution in [-0.4, -0.2) is 50.3 Å². The van der Waals surface area contributed by atoms with Gasteiger partial charge in [0.2, 0.25) is 0 Å². The first-order valence-electron chi connectivity index (χ1n) is 4.52. The zero-order chi connectivity index (χ0) is 13.4. The van der Waals surface area contributed by atoms with E-state index >= 15 is 0 Å². The van der Waals surface area contributed by atoms with Crippen molar-refractivity contribution in [1.82, 2.24) is 0 Å². The van der Waals surface area contributed by atoms with Crippen LogP contribution in [0.25, 0.3) is 0 Å². The summed E-state index contributed by atoms with van der Waals surface area (Å²) in [6.45, 7) is 0. The molecule has 0 bridgehead atoms. The summed E-state index contributed by atoms with van der Waals surface area (Å²) >= 11 is 0. The van der Waals surface area contributed by atoms with Gasteiger partial charge in [0, 0.05) is 0 Å². The largest absolute Gasteiger partial charge is 0.504 e. The van der Waals surface area contributed by atoms with Crippen molar-refractivity contribution in [2.45, 2.75) is 10.7 Å². The lowest BCUT2D eigenvalue weighted by molar-refractivity contribution is -0.140. The van der Waals surface area contributed by atoms with Crippen LogP contribution in [-0.2, 0) is 10.0 Å². The van der Waals surface area contributed by atoms with Crippen LogP contribution in [0, 0.1) is 0 Å². The molecule has 0 spiro atoms. The molecule has 0 aliphatic carbocycles. The molecule has 6 radical (unpaired) electrons. The van der Waals surface area contributed by atoms with Crippen molar-refractivity contribution in [3.8, 4) is 11.5 Å². The number of rotatable bonds is 3. The Labute approximate surface area is 102 Å². The summed E-state index contributed by atoms with van der Waals surface area (Å²) in [5, 5.41) is 25.1. The van der Waals surface area contributed by atoms with Crippen molar-refractivity contribution in [2.24, 2.45) is 5.73 Å². The van der Waals surface area contributed by atoms with Gasteiger partial charge in [-0.15, -0.1) is 0 Å². The number of carbonyl (C=O) groups is 1. The zero-order valence-electron chi connectivity index (χ0n) is 8.79. The molecule has 0 fully saturated rings. The Morgan fingerprint density at radius 3 is 2.12 bits per heavy atom. The van der Waals surface area contributed by atoms with Gasteiger partial charge in [0.05, 0.1) is 21.1 Å². The number of phenols is 2. The van der Waals surface area contributed by atoms with Gasteiger partial charge in [0.15, 0.2) is 11.5 Å². The summed E-state index contributed by atoms with van der Waals surface area (Å²) in [6.07, 6.45) is 0. The Hall–Kier alpha value is -1.56. The van der Waals surface area contributed by atoms with Gasteiger partial charge >= 0.3 is 5.97 Å². The van der Waals surface area contributed by atoms with Crippen molar-refractivity contribution in [2.75, 3.05) is 0 Å². The molecule has 1 unspecified atom stereocenters. The van der Waals surface area contributed by atoms with Gasteiger partial charge in [-0.05, 0) is 12.1 Å². The van der Waals surface area contributed by atoms with E-state index in [0.29, 0.717) is 0 Å². The van der Waals surface area contributed by atoms with Gasteiger partial charge in [0.25, 0.3) is 0 Å². The maximum atomic E-state index is 10.9. The number of carboxylic acid groups (broad SMARTS) is 1. The van der Waals surface area contributed by atoms with E-state index in [-0.39, 0.29) is 5.56 Å². The van der Waals surface area contributed by atoms with Gasteiger partial charge in [0.1, 0.15) is 7.85 Å². The molecule has 1 atom stereocenters. The van der Waals surface area contributed by atoms with E-state index in [2.05, 4.69) is 0 Å². The van der Waals surface area contributed by atoms with E-state index < -0.39 is 28.1 Å². The Bertz CT molecular complexity index is 462. The molecular weight excluding hydrogens is 219 g/mol. The van der Waals surface area contributed by atoms with E-state index in [4.69, 9.17) is 39.5 Å². The number of nitrogens with two attached hydrogens (primary N) is 1. The molecule has 0 heterocycles. The van der Waals surface area contributed by atoms with Crippen LogP contribution in [0.15, 0.2) is 18.2 Å². The molecule has 0 aliphatic heterocycles. The summed E-state index contributed by atoms with van der Waals surface area (Å²) < 4.78 is 0. The maximum absolute atomic E-state index is 10.9. The molecule has 0 aromatic heterocycles. The average molecular weight is 227 g/mol. The quantitative estimate of drug-likeness (QED) is 0.371. The zero-order valence-corrected chi connectivity index (χ0v) is 8.79. The predicted octanol–water partition coefficient (Wildman–Crippen LogP) is -1.50. The number of hydrogen-bond donors (Lipinski definition) is 4. The van der Waals surface area contributed by atoms with Crippen molar-refractivity contribution >= 4 is 29.5 Å². The van der Waals surface area contributed by atoms with Crippen LogP contribution < -0.4 is 5.73 Å². The Balaban J connectivity index is 3.30. The second kappa shape index (κ2) is 4.03. The fraction of sp³-hybridized carbons (Fsp3) is 0.222. The minimum absolute atomic E-state index is 0.0276. The first-order chi connectivity index (χ1) is 7.60. The maximum Gasteiger partial charge on any atom is 0.313 e. The topological polar surface area (TPSA) is 104 Å². The number of phenolic OH excluding ortho intramolecular Hbond substituents is 2. The highest BCUT2D eigenvalue weighted by Gasteiger charge is 2.43. The van der Waals surface area contributed by atoms with E-state index in [9.17, 15) is 9.90 Å². The summed E-state index contributed by atoms with van der Waals surface area (Å²) in [6, 6.07) is 3.30. The van der Waals surface area contributed by atoms with Gasteiger partial charge < -0.3 is 21.1 Å². The summed E-state index contributed by atoms with van der Waals surface area (Å²) in [5.74, 6) is -2.52.